The Morgan fingerprint density at radius 1 is 1.29 bits per heavy atom. The first kappa shape index (κ1) is 18.1. The highest BCUT2D eigenvalue weighted by molar-refractivity contribution is 6.12. The van der Waals surface area contributed by atoms with Gasteiger partial charge in [0.25, 0.3) is 11.8 Å². The third-order valence-electron chi connectivity index (χ3n) is 5.22. The molecule has 3 aromatic rings. The van der Waals surface area contributed by atoms with Crippen molar-refractivity contribution in [2.24, 2.45) is 5.73 Å². The Morgan fingerprint density at radius 2 is 1.93 bits per heavy atom. The molecular weight excluding hydrogens is 368 g/mol. The first-order valence-corrected chi connectivity index (χ1v) is 8.70. The molecule has 1 atom stereocenters. The molecule has 1 aromatic carbocycles. The van der Waals surface area contributed by atoms with Gasteiger partial charge in [-0.3, -0.25) is 9.36 Å². The summed E-state index contributed by atoms with van der Waals surface area (Å²) < 4.78 is 29.2. The van der Waals surface area contributed by atoms with E-state index in [4.69, 9.17) is 11.5 Å². The van der Waals surface area contributed by atoms with Crippen LogP contribution in [0, 0.1) is 20.8 Å². The minimum atomic E-state index is -2.89. The highest BCUT2D eigenvalue weighted by atomic mass is 19.3. The van der Waals surface area contributed by atoms with Gasteiger partial charge in [-0.25, -0.2) is 18.7 Å². The molecule has 1 unspecified atom stereocenters. The van der Waals surface area contributed by atoms with Gasteiger partial charge in [0.1, 0.15) is 17.4 Å². The molecule has 7 nitrogen and oxygen atoms in total. The molecule has 1 aliphatic rings. The number of hydrogen-bond donors (Lipinski definition) is 3. The first-order chi connectivity index (χ1) is 13.0. The van der Waals surface area contributed by atoms with Gasteiger partial charge in [-0.2, -0.15) is 0 Å². The van der Waals surface area contributed by atoms with Gasteiger partial charge >= 0.3 is 0 Å². The molecule has 0 aliphatic heterocycles. The van der Waals surface area contributed by atoms with Gasteiger partial charge in [0.2, 0.25) is 0 Å². The van der Waals surface area contributed by atoms with E-state index in [2.05, 4.69) is 9.97 Å². The van der Waals surface area contributed by atoms with Crippen LogP contribution in [0.5, 0.6) is 5.75 Å². The molecule has 1 aliphatic carbocycles. The lowest BCUT2D eigenvalue weighted by atomic mass is 10.1. The minimum Gasteiger partial charge on any atom is -0.508 e. The number of primary amides is 1. The predicted molar refractivity (Wildman–Crippen MR) is 100.0 cm³/mol. The summed E-state index contributed by atoms with van der Waals surface area (Å²) in [6, 6.07) is 3.23. The van der Waals surface area contributed by atoms with Crippen LogP contribution in [-0.4, -0.2) is 31.5 Å². The number of benzene rings is 1. The van der Waals surface area contributed by atoms with Crippen molar-refractivity contribution in [1.29, 1.82) is 0 Å². The van der Waals surface area contributed by atoms with E-state index in [0.717, 1.165) is 5.56 Å². The Hall–Kier alpha value is -3.23. The number of alkyl halides is 2. The Balaban J connectivity index is 2.17. The second-order valence-electron chi connectivity index (χ2n) is 7.21. The number of amides is 1. The summed E-state index contributed by atoms with van der Waals surface area (Å²) in [6.45, 7) is 5.08. The summed E-state index contributed by atoms with van der Waals surface area (Å²) in [5, 5.41) is 10.3. The maximum absolute atomic E-state index is 13.8. The third kappa shape index (κ3) is 2.42. The van der Waals surface area contributed by atoms with E-state index in [1.807, 2.05) is 0 Å². The van der Waals surface area contributed by atoms with Crippen molar-refractivity contribution in [2.45, 2.75) is 39.0 Å². The fraction of sp³-hybridized carbons (Fsp3) is 0.316. The molecule has 28 heavy (non-hydrogen) atoms. The van der Waals surface area contributed by atoms with Crippen LogP contribution in [-0.2, 0) is 0 Å². The molecule has 9 heteroatoms. The fourth-order valence-electron chi connectivity index (χ4n) is 3.74. The number of rotatable bonds is 3. The number of carbonyl (C=O) groups is 1. The average molecular weight is 387 g/mol. The maximum atomic E-state index is 13.8. The number of aromatic nitrogens is 3. The molecule has 4 rings (SSSR count). The zero-order valence-corrected chi connectivity index (χ0v) is 15.5. The van der Waals surface area contributed by atoms with Crippen molar-refractivity contribution in [3.8, 4) is 11.4 Å². The fourth-order valence-corrected chi connectivity index (χ4v) is 3.74. The van der Waals surface area contributed by atoms with Gasteiger partial charge in [-0.1, -0.05) is 6.07 Å². The summed E-state index contributed by atoms with van der Waals surface area (Å²) >= 11 is 0. The van der Waals surface area contributed by atoms with Crippen LogP contribution in [0.25, 0.3) is 16.7 Å². The van der Waals surface area contributed by atoms with Crippen LogP contribution in [0.15, 0.2) is 12.1 Å². The Bertz CT molecular complexity index is 1170. The molecule has 146 valence electrons. The number of nitrogens with zero attached hydrogens (tertiary/aromatic N) is 3. The number of anilines is 1. The summed E-state index contributed by atoms with van der Waals surface area (Å²) in [6.07, 6.45) is -0.355. The highest BCUT2D eigenvalue weighted by Gasteiger charge is 2.59. The number of carbonyl (C=O) groups excluding carboxylic acids is 1. The van der Waals surface area contributed by atoms with Gasteiger partial charge in [0, 0.05) is 12.0 Å². The summed E-state index contributed by atoms with van der Waals surface area (Å²) in [5.74, 6) is -4.58. The highest BCUT2D eigenvalue weighted by Crippen LogP contribution is 2.57. The van der Waals surface area contributed by atoms with E-state index in [1.54, 1.807) is 32.9 Å². The van der Waals surface area contributed by atoms with E-state index in [1.165, 1.54) is 4.57 Å². The molecule has 2 aromatic heterocycles. The van der Waals surface area contributed by atoms with Crippen molar-refractivity contribution >= 4 is 22.8 Å². The number of aromatic hydroxyl groups is 1. The summed E-state index contributed by atoms with van der Waals surface area (Å²) in [7, 11) is 0. The van der Waals surface area contributed by atoms with Gasteiger partial charge in [-0.15, -0.1) is 0 Å². The number of fused-ring (bicyclic) bond motifs is 1. The first-order valence-electron chi connectivity index (χ1n) is 8.70. The molecule has 1 amide bonds. The number of phenols is 1. The number of halogens is 2. The van der Waals surface area contributed by atoms with Crippen LogP contribution in [0.3, 0.4) is 0 Å². The van der Waals surface area contributed by atoms with Crippen molar-refractivity contribution in [3.63, 3.8) is 0 Å². The van der Waals surface area contributed by atoms with Gasteiger partial charge in [-0.05, 0) is 32.4 Å². The van der Waals surface area contributed by atoms with Crippen LogP contribution >= 0.6 is 0 Å². The van der Waals surface area contributed by atoms with E-state index in [9.17, 15) is 18.7 Å². The SMILES string of the molecule is Cc1nc(C2CC2(F)F)c2c(C(N)=O)c(N)n(-c3c(C)ccc(O)c3C)c2n1. The summed E-state index contributed by atoms with van der Waals surface area (Å²) in [5.41, 5.74) is 13.8. The smallest absolute Gasteiger partial charge is 0.257 e. The second-order valence-corrected chi connectivity index (χ2v) is 7.21. The lowest BCUT2D eigenvalue weighted by Gasteiger charge is -2.15. The maximum Gasteiger partial charge on any atom is 0.257 e. The van der Waals surface area contributed by atoms with Crippen molar-refractivity contribution < 1.29 is 18.7 Å². The molecule has 0 saturated heterocycles. The largest absolute Gasteiger partial charge is 0.508 e. The van der Waals surface area contributed by atoms with Crippen LogP contribution < -0.4 is 11.5 Å². The van der Waals surface area contributed by atoms with E-state index in [-0.39, 0.29) is 46.1 Å². The number of hydrogen-bond acceptors (Lipinski definition) is 5. The van der Waals surface area contributed by atoms with Crippen LogP contribution in [0.2, 0.25) is 0 Å². The van der Waals surface area contributed by atoms with Gasteiger partial charge in [0.15, 0.2) is 5.65 Å². The molecular formula is C19H19F2N5O2. The lowest BCUT2D eigenvalue weighted by molar-refractivity contribution is 0.100. The third-order valence-corrected chi connectivity index (χ3v) is 5.22. The zero-order chi connectivity index (χ0) is 20.5. The zero-order valence-electron chi connectivity index (χ0n) is 15.5. The summed E-state index contributed by atoms with van der Waals surface area (Å²) in [4.78, 5) is 20.8. The van der Waals surface area contributed by atoms with Gasteiger partial charge < -0.3 is 16.6 Å². The quantitative estimate of drug-likeness (QED) is 0.638. The van der Waals surface area contributed by atoms with Crippen LogP contribution in [0.1, 0.15) is 45.3 Å². The predicted octanol–water partition coefficient (Wildman–Crippen LogP) is 2.86. The number of phenolic OH excluding ortho intramolecular Hbond substituents is 1. The normalized spacial score (nSPS) is 17.8. The van der Waals surface area contributed by atoms with Gasteiger partial charge in [0.05, 0.1) is 28.2 Å². The molecule has 0 bridgehead atoms. The lowest BCUT2D eigenvalue weighted by Crippen LogP contribution is -2.14. The Kier molecular flexibility index (Phi) is 3.65. The van der Waals surface area contributed by atoms with Crippen LogP contribution in [0.4, 0.5) is 14.6 Å². The van der Waals surface area contributed by atoms with Crippen molar-refractivity contribution in [3.05, 3.63) is 40.3 Å². The monoisotopic (exact) mass is 387 g/mol. The number of aryl methyl sites for hydroxylation is 2. The van der Waals surface area contributed by atoms with Crippen molar-refractivity contribution in [1.82, 2.24) is 14.5 Å². The Labute approximate surface area is 159 Å². The average Bonchev–Trinajstić information content (AvgIpc) is 3.13. The molecule has 0 spiro atoms. The molecule has 1 saturated carbocycles. The number of nitrogen functional groups attached to an aromatic ring is 1. The minimum absolute atomic E-state index is 0.0237. The molecule has 0 radical (unpaired) electrons. The molecule has 1 fully saturated rings. The second kappa shape index (κ2) is 5.63. The Morgan fingerprint density at radius 3 is 2.50 bits per heavy atom. The van der Waals surface area contributed by atoms with Crippen molar-refractivity contribution in [2.75, 3.05) is 5.73 Å². The standard InChI is InChI=1S/C19H19F2N5O2/c1-7-4-5-11(27)8(2)15(7)26-16(22)13(17(23)28)12-14(10-6-19(10,20)21)24-9(3)25-18(12)26/h4-5,10,27H,6,22H2,1-3H3,(H2,23,28). The topological polar surface area (TPSA) is 120 Å². The van der Waals surface area contributed by atoms with E-state index >= 15 is 0 Å². The van der Waals surface area contributed by atoms with E-state index in [0.29, 0.717) is 11.3 Å². The number of nitrogens with two attached hydrogens (primary N) is 2. The molecule has 5 N–H and O–H groups in total. The van der Waals surface area contributed by atoms with E-state index < -0.39 is 17.7 Å². The molecule has 2 heterocycles.